The molecule has 1 aliphatic heterocycles. The highest BCUT2D eigenvalue weighted by Crippen LogP contribution is 2.37. The van der Waals surface area contributed by atoms with E-state index in [9.17, 15) is 0 Å². The SMILES string of the molecule is CCC1(c2nncn2C2CCCCC2)CCCNC1. The first-order valence-electron chi connectivity index (χ1n) is 7.96. The van der Waals surface area contributed by atoms with Crippen LogP contribution in [0.1, 0.15) is 70.2 Å². The van der Waals surface area contributed by atoms with E-state index in [-0.39, 0.29) is 5.41 Å². The maximum atomic E-state index is 4.53. The van der Waals surface area contributed by atoms with Crippen LogP contribution < -0.4 is 5.32 Å². The molecule has 0 aromatic carbocycles. The Hall–Kier alpha value is -0.900. The van der Waals surface area contributed by atoms with Crippen LogP contribution in [0.15, 0.2) is 6.33 Å². The van der Waals surface area contributed by atoms with E-state index in [0.29, 0.717) is 6.04 Å². The molecule has 1 aromatic heterocycles. The van der Waals surface area contributed by atoms with E-state index >= 15 is 0 Å². The Morgan fingerprint density at radius 1 is 1.32 bits per heavy atom. The number of aromatic nitrogens is 3. The first-order valence-corrected chi connectivity index (χ1v) is 7.96. The number of hydrogen-bond donors (Lipinski definition) is 1. The number of nitrogens with one attached hydrogen (secondary N) is 1. The van der Waals surface area contributed by atoms with Gasteiger partial charge in [0.1, 0.15) is 12.2 Å². The zero-order valence-corrected chi connectivity index (χ0v) is 12.1. The Morgan fingerprint density at radius 3 is 2.84 bits per heavy atom. The third-order valence-corrected chi connectivity index (χ3v) is 5.16. The molecule has 0 amide bonds. The summed E-state index contributed by atoms with van der Waals surface area (Å²) in [6, 6.07) is 0.643. The zero-order valence-electron chi connectivity index (χ0n) is 12.1. The van der Waals surface area contributed by atoms with Gasteiger partial charge in [0.15, 0.2) is 0 Å². The molecular weight excluding hydrogens is 236 g/mol. The van der Waals surface area contributed by atoms with Gasteiger partial charge in [-0.3, -0.25) is 0 Å². The van der Waals surface area contributed by atoms with Gasteiger partial charge in [-0.05, 0) is 38.6 Å². The summed E-state index contributed by atoms with van der Waals surface area (Å²) >= 11 is 0. The van der Waals surface area contributed by atoms with Crippen molar-refractivity contribution in [3.05, 3.63) is 12.2 Å². The Labute approximate surface area is 116 Å². The molecule has 1 aliphatic carbocycles. The van der Waals surface area contributed by atoms with E-state index in [0.717, 1.165) is 19.5 Å². The van der Waals surface area contributed by atoms with Crippen LogP contribution in [0.25, 0.3) is 0 Å². The van der Waals surface area contributed by atoms with E-state index in [1.807, 2.05) is 6.33 Å². The van der Waals surface area contributed by atoms with Gasteiger partial charge in [-0.1, -0.05) is 26.2 Å². The second-order valence-corrected chi connectivity index (χ2v) is 6.27. The summed E-state index contributed by atoms with van der Waals surface area (Å²) in [6.45, 7) is 4.51. The van der Waals surface area contributed by atoms with Crippen molar-refractivity contribution in [2.24, 2.45) is 0 Å². The fourth-order valence-corrected chi connectivity index (χ4v) is 3.87. The van der Waals surface area contributed by atoms with Gasteiger partial charge in [0.25, 0.3) is 0 Å². The summed E-state index contributed by atoms with van der Waals surface area (Å²) in [5.74, 6) is 1.24. The normalized spacial score (nSPS) is 29.5. The highest BCUT2D eigenvalue weighted by Gasteiger charge is 2.37. The third kappa shape index (κ3) is 2.42. The van der Waals surface area contributed by atoms with Gasteiger partial charge >= 0.3 is 0 Å². The smallest absolute Gasteiger partial charge is 0.140 e. The number of hydrogen-bond acceptors (Lipinski definition) is 3. The van der Waals surface area contributed by atoms with Gasteiger partial charge < -0.3 is 9.88 Å². The van der Waals surface area contributed by atoms with Crippen LogP contribution in [0.3, 0.4) is 0 Å². The van der Waals surface area contributed by atoms with Crippen molar-refractivity contribution in [2.75, 3.05) is 13.1 Å². The molecule has 1 aromatic rings. The zero-order chi connectivity index (χ0) is 13.1. The minimum absolute atomic E-state index is 0.214. The van der Waals surface area contributed by atoms with E-state index in [1.54, 1.807) is 0 Å². The van der Waals surface area contributed by atoms with Gasteiger partial charge in [0.2, 0.25) is 0 Å². The van der Waals surface area contributed by atoms with Gasteiger partial charge in [-0.2, -0.15) is 0 Å². The molecule has 2 heterocycles. The highest BCUT2D eigenvalue weighted by atomic mass is 15.3. The lowest BCUT2D eigenvalue weighted by atomic mass is 9.77. The Morgan fingerprint density at radius 2 is 2.16 bits per heavy atom. The second kappa shape index (κ2) is 5.61. The molecule has 2 aliphatic rings. The minimum atomic E-state index is 0.214. The lowest BCUT2D eigenvalue weighted by molar-refractivity contribution is 0.257. The molecule has 19 heavy (non-hydrogen) atoms. The topological polar surface area (TPSA) is 42.7 Å². The molecule has 4 nitrogen and oxygen atoms in total. The van der Waals surface area contributed by atoms with Crippen LogP contribution in [-0.2, 0) is 5.41 Å². The van der Waals surface area contributed by atoms with Crippen LogP contribution in [0.4, 0.5) is 0 Å². The molecule has 4 heteroatoms. The van der Waals surface area contributed by atoms with Crippen LogP contribution in [0.5, 0.6) is 0 Å². The molecule has 1 saturated carbocycles. The second-order valence-electron chi connectivity index (χ2n) is 6.27. The molecule has 1 atom stereocenters. The molecule has 3 rings (SSSR count). The van der Waals surface area contributed by atoms with Crippen molar-refractivity contribution in [3.63, 3.8) is 0 Å². The molecule has 1 saturated heterocycles. The maximum absolute atomic E-state index is 4.53. The van der Waals surface area contributed by atoms with Gasteiger partial charge in [-0.15, -0.1) is 10.2 Å². The first kappa shape index (κ1) is 13.1. The van der Waals surface area contributed by atoms with Crippen molar-refractivity contribution >= 4 is 0 Å². The van der Waals surface area contributed by atoms with E-state index in [1.165, 1.54) is 50.8 Å². The minimum Gasteiger partial charge on any atom is -0.316 e. The molecular formula is C15H26N4. The average Bonchev–Trinajstić information content (AvgIpc) is 2.99. The molecule has 1 N–H and O–H groups in total. The van der Waals surface area contributed by atoms with Gasteiger partial charge in [-0.25, -0.2) is 0 Å². The molecule has 1 unspecified atom stereocenters. The number of nitrogens with zero attached hydrogens (tertiary/aromatic N) is 3. The Bertz CT molecular complexity index is 400. The number of piperidine rings is 1. The maximum Gasteiger partial charge on any atom is 0.140 e. The van der Waals surface area contributed by atoms with E-state index < -0.39 is 0 Å². The summed E-state index contributed by atoms with van der Waals surface area (Å²) in [5, 5.41) is 12.3. The molecule has 0 radical (unpaired) electrons. The molecule has 2 fully saturated rings. The summed E-state index contributed by atoms with van der Waals surface area (Å²) in [7, 11) is 0. The van der Waals surface area contributed by atoms with Crippen LogP contribution >= 0.6 is 0 Å². The lowest BCUT2D eigenvalue weighted by Crippen LogP contribution is -2.45. The summed E-state index contributed by atoms with van der Waals surface area (Å²) < 4.78 is 2.41. The Kier molecular flexibility index (Phi) is 3.87. The van der Waals surface area contributed by atoms with Crippen LogP contribution in [0, 0.1) is 0 Å². The van der Waals surface area contributed by atoms with Gasteiger partial charge in [0, 0.05) is 18.0 Å². The predicted octanol–water partition coefficient (Wildman–Crippen LogP) is 2.81. The largest absolute Gasteiger partial charge is 0.316 e. The van der Waals surface area contributed by atoms with Gasteiger partial charge in [0.05, 0.1) is 0 Å². The lowest BCUT2D eigenvalue weighted by Gasteiger charge is -2.37. The van der Waals surface area contributed by atoms with Crippen molar-refractivity contribution in [1.29, 1.82) is 0 Å². The fraction of sp³-hybridized carbons (Fsp3) is 0.867. The predicted molar refractivity (Wildman–Crippen MR) is 76.2 cm³/mol. The van der Waals surface area contributed by atoms with E-state index in [2.05, 4.69) is 27.0 Å². The quantitative estimate of drug-likeness (QED) is 0.911. The fourth-order valence-electron chi connectivity index (χ4n) is 3.87. The Balaban J connectivity index is 1.89. The molecule has 0 spiro atoms. The van der Waals surface area contributed by atoms with Crippen LogP contribution in [-0.4, -0.2) is 27.9 Å². The van der Waals surface area contributed by atoms with Crippen LogP contribution in [0.2, 0.25) is 0 Å². The van der Waals surface area contributed by atoms with Crippen molar-refractivity contribution in [3.8, 4) is 0 Å². The van der Waals surface area contributed by atoms with Crippen molar-refractivity contribution < 1.29 is 0 Å². The number of rotatable bonds is 3. The third-order valence-electron chi connectivity index (χ3n) is 5.16. The van der Waals surface area contributed by atoms with E-state index in [4.69, 9.17) is 0 Å². The average molecular weight is 262 g/mol. The first-order chi connectivity index (χ1) is 9.36. The molecule has 106 valence electrons. The summed E-state index contributed by atoms with van der Waals surface area (Å²) in [4.78, 5) is 0. The standard InChI is InChI=1S/C15H26N4/c1-2-15(9-6-10-16-11-15)14-18-17-12-19(14)13-7-4-3-5-8-13/h12-13,16H,2-11H2,1H3. The monoisotopic (exact) mass is 262 g/mol. The molecule has 0 bridgehead atoms. The highest BCUT2D eigenvalue weighted by molar-refractivity contribution is 5.12. The van der Waals surface area contributed by atoms with Crippen molar-refractivity contribution in [2.45, 2.75) is 69.7 Å². The summed E-state index contributed by atoms with van der Waals surface area (Å²) in [6.07, 6.45) is 12.4. The van der Waals surface area contributed by atoms with Crippen molar-refractivity contribution in [1.82, 2.24) is 20.1 Å². The summed E-state index contributed by atoms with van der Waals surface area (Å²) in [5.41, 5.74) is 0.214.